The van der Waals surface area contributed by atoms with Crippen LogP contribution in [-0.2, 0) is 11.2 Å². The number of ketones is 1. The Kier molecular flexibility index (Phi) is 3.03. The number of methoxy groups -OCH3 is 1. The maximum absolute atomic E-state index is 11.7. The first-order chi connectivity index (χ1) is 9.26. The van der Waals surface area contributed by atoms with Gasteiger partial charge in [0.05, 0.1) is 13.5 Å². The molecule has 1 fully saturated rings. The minimum atomic E-state index is 0.199. The minimum Gasteiger partial charge on any atom is -0.497 e. The Morgan fingerprint density at radius 1 is 1.37 bits per heavy atom. The van der Waals surface area contributed by atoms with Crippen molar-refractivity contribution in [1.29, 1.82) is 0 Å². The number of rotatable bonds is 5. The first kappa shape index (κ1) is 11.9. The van der Waals surface area contributed by atoms with Crippen molar-refractivity contribution in [2.24, 2.45) is 5.92 Å². The van der Waals surface area contributed by atoms with Gasteiger partial charge in [-0.2, -0.15) is 4.98 Å². The van der Waals surface area contributed by atoms with Crippen LogP contribution in [0, 0.1) is 5.92 Å². The second kappa shape index (κ2) is 4.84. The molecule has 0 N–H and O–H groups in total. The average Bonchev–Trinajstić information content (AvgIpc) is 3.20. The number of carbonyl (C=O) groups excluding carboxylic acids is 1. The van der Waals surface area contributed by atoms with Crippen molar-refractivity contribution in [3.8, 4) is 17.1 Å². The van der Waals surface area contributed by atoms with Crippen LogP contribution in [0.4, 0.5) is 0 Å². The molecule has 0 spiro atoms. The summed E-state index contributed by atoms with van der Waals surface area (Å²) in [5, 5.41) is 3.90. The molecular formula is C14H14N2O3. The molecule has 1 aromatic heterocycles. The maximum Gasteiger partial charge on any atom is 0.234 e. The maximum atomic E-state index is 11.7. The molecule has 1 aromatic carbocycles. The summed E-state index contributed by atoms with van der Waals surface area (Å²) in [4.78, 5) is 15.9. The molecule has 0 saturated heterocycles. The fourth-order valence-corrected chi connectivity index (χ4v) is 1.88. The summed E-state index contributed by atoms with van der Waals surface area (Å²) in [6.07, 6.45) is 2.24. The average molecular weight is 258 g/mol. The van der Waals surface area contributed by atoms with Gasteiger partial charge in [0.1, 0.15) is 11.5 Å². The highest BCUT2D eigenvalue weighted by atomic mass is 16.5. The Hall–Kier alpha value is -2.17. The SMILES string of the molecule is COc1ccc(-c2noc(CC(=O)C3CC3)n2)cc1. The quantitative estimate of drug-likeness (QED) is 0.823. The van der Waals surface area contributed by atoms with Crippen LogP contribution in [0.5, 0.6) is 5.75 Å². The van der Waals surface area contributed by atoms with E-state index in [1.807, 2.05) is 24.3 Å². The lowest BCUT2D eigenvalue weighted by molar-refractivity contribution is -0.119. The van der Waals surface area contributed by atoms with Crippen molar-refractivity contribution >= 4 is 5.78 Å². The second-order valence-corrected chi connectivity index (χ2v) is 4.66. The van der Waals surface area contributed by atoms with E-state index >= 15 is 0 Å². The topological polar surface area (TPSA) is 65.2 Å². The molecule has 0 atom stereocenters. The lowest BCUT2D eigenvalue weighted by atomic mass is 10.2. The van der Waals surface area contributed by atoms with E-state index in [0.29, 0.717) is 11.7 Å². The monoisotopic (exact) mass is 258 g/mol. The Morgan fingerprint density at radius 3 is 2.74 bits per heavy atom. The number of benzene rings is 1. The van der Waals surface area contributed by atoms with E-state index in [9.17, 15) is 4.79 Å². The highest BCUT2D eigenvalue weighted by Crippen LogP contribution is 2.31. The molecule has 5 heteroatoms. The van der Waals surface area contributed by atoms with E-state index in [4.69, 9.17) is 9.26 Å². The molecule has 0 bridgehead atoms. The van der Waals surface area contributed by atoms with Gasteiger partial charge in [-0.25, -0.2) is 0 Å². The van der Waals surface area contributed by atoms with Gasteiger partial charge in [0, 0.05) is 11.5 Å². The summed E-state index contributed by atoms with van der Waals surface area (Å²) in [6.45, 7) is 0. The van der Waals surface area contributed by atoms with Crippen molar-refractivity contribution in [3.05, 3.63) is 30.2 Å². The zero-order valence-electron chi connectivity index (χ0n) is 10.6. The Morgan fingerprint density at radius 2 is 2.11 bits per heavy atom. The highest BCUT2D eigenvalue weighted by molar-refractivity contribution is 5.84. The van der Waals surface area contributed by atoms with Crippen LogP contribution < -0.4 is 4.74 Å². The third kappa shape index (κ3) is 2.65. The van der Waals surface area contributed by atoms with E-state index < -0.39 is 0 Å². The normalized spacial score (nSPS) is 14.4. The third-order valence-electron chi connectivity index (χ3n) is 3.17. The molecule has 0 amide bonds. The van der Waals surface area contributed by atoms with Crippen LogP contribution in [-0.4, -0.2) is 23.0 Å². The number of ether oxygens (including phenoxy) is 1. The van der Waals surface area contributed by atoms with Gasteiger partial charge in [0.2, 0.25) is 11.7 Å². The predicted molar refractivity (Wildman–Crippen MR) is 67.7 cm³/mol. The smallest absolute Gasteiger partial charge is 0.234 e. The van der Waals surface area contributed by atoms with Crippen molar-refractivity contribution in [3.63, 3.8) is 0 Å². The Balaban J connectivity index is 1.73. The van der Waals surface area contributed by atoms with Crippen molar-refractivity contribution < 1.29 is 14.1 Å². The molecular weight excluding hydrogens is 244 g/mol. The van der Waals surface area contributed by atoms with E-state index in [2.05, 4.69) is 10.1 Å². The van der Waals surface area contributed by atoms with E-state index in [-0.39, 0.29) is 18.1 Å². The van der Waals surface area contributed by atoms with Crippen LogP contribution in [0.1, 0.15) is 18.7 Å². The van der Waals surface area contributed by atoms with Gasteiger partial charge in [0.25, 0.3) is 0 Å². The number of nitrogens with zero attached hydrogens (tertiary/aromatic N) is 2. The molecule has 98 valence electrons. The second-order valence-electron chi connectivity index (χ2n) is 4.66. The number of hydrogen-bond donors (Lipinski definition) is 0. The largest absolute Gasteiger partial charge is 0.497 e. The summed E-state index contributed by atoms with van der Waals surface area (Å²) in [7, 11) is 1.62. The Bertz CT molecular complexity index is 585. The lowest BCUT2D eigenvalue weighted by Gasteiger charge is -1.98. The third-order valence-corrected chi connectivity index (χ3v) is 3.17. The van der Waals surface area contributed by atoms with E-state index in [0.717, 1.165) is 24.2 Å². The van der Waals surface area contributed by atoms with Crippen molar-refractivity contribution in [2.75, 3.05) is 7.11 Å². The summed E-state index contributed by atoms with van der Waals surface area (Å²) in [5.74, 6) is 2.08. The molecule has 19 heavy (non-hydrogen) atoms. The fourth-order valence-electron chi connectivity index (χ4n) is 1.88. The fraction of sp³-hybridized carbons (Fsp3) is 0.357. The summed E-state index contributed by atoms with van der Waals surface area (Å²) < 4.78 is 10.2. The molecule has 5 nitrogen and oxygen atoms in total. The molecule has 2 aromatic rings. The Labute approximate surface area is 110 Å². The summed E-state index contributed by atoms with van der Waals surface area (Å²) in [6, 6.07) is 7.38. The van der Waals surface area contributed by atoms with Gasteiger partial charge in [-0.05, 0) is 37.1 Å². The highest BCUT2D eigenvalue weighted by Gasteiger charge is 2.30. The molecule has 1 aliphatic carbocycles. The van der Waals surface area contributed by atoms with Gasteiger partial charge >= 0.3 is 0 Å². The zero-order chi connectivity index (χ0) is 13.2. The van der Waals surface area contributed by atoms with Crippen LogP contribution >= 0.6 is 0 Å². The van der Waals surface area contributed by atoms with Gasteiger partial charge in [-0.1, -0.05) is 5.16 Å². The van der Waals surface area contributed by atoms with Gasteiger partial charge in [0.15, 0.2) is 0 Å². The summed E-state index contributed by atoms with van der Waals surface area (Å²) in [5.41, 5.74) is 0.842. The van der Waals surface area contributed by atoms with Gasteiger partial charge in [-0.15, -0.1) is 0 Å². The number of hydrogen-bond acceptors (Lipinski definition) is 5. The van der Waals surface area contributed by atoms with Gasteiger partial charge in [-0.3, -0.25) is 4.79 Å². The first-order valence-electron chi connectivity index (χ1n) is 6.26. The standard InChI is InChI=1S/C14H14N2O3/c1-18-11-6-4-10(5-7-11)14-15-13(19-16-14)8-12(17)9-2-3-9/h4-7,9H,2-3,8H2,1H3. The molecule has 0 radical (unpaired) electrons. The van der Waals surface area contributed by atoms with E-state index in [1.165, 1.54) is 0 Å². The van der Waals surface area contributed by atoms with Crippen molar-refractivity contribution in [1.82, 2.24) is 10.1 Å². The first-order valence-corrected chi connectivity index (χ1v) is 6.26. The molecule has 1 saturated carbocycles. The number of aromatic nitrogens is 2. The minimum absolute atomic E-state index is 0.199. The van der Waals surface area contributed by atoms with E-state index in [1.54, 1.807) is 7.11 Å². The predicted octanol–water partition coefficient (Wildman–Crippen LogP) is 2.27. The van der Waals surface area contributed by atoms with Gasteiger partial charge < -0.3 is 9.26 Å². The molecule has 1 aliphatic rings. The molecule has 3 rings (SSSR count). The van der Waals surface area contributed by atoms with Crippen LogP contribution in [0.15, 0.2) is 28.8 Å². The summed E-state index contributed by atoms with van der Waals surface area (Å²) >= 11 is 0. The number of Topliss-reactive ketones (excluding diaryl/α,β-unsaturated/α-hetero) is 1. The zero-order valence-corrected chi connectivity index (χ0v) is 10.6. The lowest BCUT2D eigenvalue weighted by Crippen LogP contribution is -2.04. The van der Waals surface area contributed by atoms with Crippen LogP contribution in [0.25, 0.3) is 11.4 Å². The van der Waals surface area contributed by atoms with Crippen LogP contribution in [0.3, 0.4) is 0 Å². The molecule has 1 heterocycles. The van der Waals surface area contributed by atoms with Crippen LogP contribution in [0.2, 0.25) is 0 Å². The number of carbonyl (C=O) groups is 1. The van der Waals surface area contributed by atoms with Crippen molar-refractivity contribution in [2.45, 2.75) is 19.3 Å². The molecule has 0 aliphatic heterocycles. The molecule has 0 unspecified atom stereocenters.